The average molecular weight is 618 g/mol. The Morgan fingerprint density at radius 1 is 1.09 bits per heavy atom. The lowest BCUT2D eigenvalue weighted by molar-refractivity contribution is -0.128. The van der Waals surface area contributed by atoms with Crippen LogP contribution in [0.2, 0.25) is 0 Å². The highest BCUT2D eigenvalue weighted by molar-refractivity contribution is 6.00. The number of benzene rings is 1. The molecule has 1 aromatic carbocycles. The van der Waals surface area contributed by atoms with E-state index in [9.17, 15) is 14.4 Å². The Morgan fingerprint density at radius 2 is 1.80 bits per heavy atom. The molecule has 10 nitrogen and oxygen atoms in total. The zero-order chi connectivity index (χ0) is 32.0. The first-order chi connectivity index (χ1) is 20.8. The Bertz CT molecular complexity index is 1890. The molecule has 0 aliphatic carbocycles. The van der Waals surface area contributed by atoms with Crippen molar-refractivity contribution in [2.24, 2.45) is 5.73 Å². The molecule has 1 saturated heterocycles. The Kier molecular flexibility index (Phi) is 9.17. The van der Waals surface area contributed by atoms with Gasteiger partial charge in [0.2, 0.25) is 11.8 Å². The predicted molar refractivity (Wildman–Crippen MR) is 171 cm³/mol. The smallest absolute Gasteiger partial charge is 0.355 e. The summed E-state index contributed by atoms with van der Waals surface area (Å²) in [4.78, 5) is 55.8. The summed E-state index contributed by atoms with van der Waals surface area (Å²) >= 11 is 0. The van der Waals surface area contributed by atoms with Gasteiger partial charge in [-0.1, -0.05) is 33.9 Å². The molecular weight excluding hydrogens is 580 g/mol. The molecule has 2 atom stereocenters. The van der Waals surface area contributed by atoms with E-state index in [1.807, 2.05) is 32.6 Å². The number of piperazine rings is 1. The summed E-state index contributed by atoms with van der Waals surface area (Å²) in [6, 6.07) is 5.94. The first kappa shape index (κ1) is 32.9. The first-order valence-corrected chi connectivity index (χ1v) is 14.2. The van der Waals surface area contributed by atoms with Crippen LogP contribution in [0.1, 0.15) is 62.7 Å². The summed E-state index contributed by atoms with van der Waals surface area (Å²) in [6.45, 7) is 13.6. The fourth-order valence-electron chi connectivity index (χ4n) is 5.80. The van der Waals surface area contributed by atoms with E-state index >= 15 is 8.78 Å². The molecule has 4 heterocycles. The summed E-state index contributed by atoms with van der Waals surface area (Å²) in [5.41, 5.74) is 5.36. The van der Waals surface area contributed by atoms with Gasteiger partial charge in [-0.15, -0.1) is 0 Å². The van der Waals surface area contributed by atoms with E-state index in [-0.39, 0.29) is 60.3 Å². The molecule has 4 aromatic rings. The van der Waals surface area contributed by atoms with Gasteiger partial charge >= 0.3 is 5.69 Å². The number of aryl methyl sites for hydroxylation is 1. The van der Waals surface area contributed by atoms with Gasteiger partial charge in [-0.05, 0) is 62.6 Å². The van der Waals surface area contributed by atoms with Gasteiger partial charge in [0.1, 0.15) is 17.3 Å². The number of fused-ring (bicyclic) bond motifs is 1. The fourth-order valence-corrected chi connectivity index (χ4v) is 5.80. The SMILES string of the molecule is C.C=CC(=O)N1C[C@H](C)N(c2nc(=O)n(-c3c(C)ccnc3C(C)C)c3nc(-c4c(F)cccc4C(N)=O)c(F)cc23)C[C@H]1C. The number of anilines is 1. The summed E-state index contributed by atoms with van der Waals surface area (Å²) < 4.78 is 32.6. The number of pyridine rings is 2. The average Bonchev–Trinajstić information content (AvgIpc) is 2.97. The number of amides is 2. The number of halogens is 2. The first-order valence-electron chi connectivity index (χ1n) is 14.2. The van der Waals surface area contributed by atoms with Crippen molar-refractivity contribution in [3.63, 3.8) is 0 Å². The lowest BCUT2D eigenvalue weighted by atomic mass is 10.0. The van der Waals surface area contributed by atoms with Crippen LogP contribution >= 0.6 is 0 Å². The van der Waals surface area contributed by atoms with Gasteiger partial charge in [-0.2, -0.15) is 4.98 Å². The van der Waals surface area contributed by atoms with E-state index < -0.39 is 34.5 Å². The number of hydrogen-bond donors (Lipinski definition) is 1. The molecule has 1 aliphatic rings. The largest absolute Gasteiger partial charge is 0.366 e. The van der Waals surface area contributed by atoms with Crippen LogP contribution in [0.25, 0.3) is 28.0 Å². The molecule has 1 aliphatic heterocycles. The molecule has 0 radical (unpaired) electrons. The fraction of sp³-hybridized carbons (Fsp3) is 0.333. The molecule has 0 bridgehead atoms. The van der Waals surface area contributed by atoms with E-state index in [4.69, 9.17) is 5.73 Å². The number of nitrogens with two attached hydrogens (primary N) is 1. The molecule has 236 valence electrons. The summed E-state index contributed by atoms with van der Waals surface area (Å²) in [5, 5.41) is 0.184. The molecule has 0 unspecified atom stereocenters. The van der Waals surface area contributed by atoms with Crippen LogP contribution in [0, 0.1) is 18.6 Å². The maximum Gasteiger partial charge on any atom is 0.355 e. The molecule has 45 heavy (non-hydrogen) atoms. The maximum atomic E-state index is 16.1. The highest BCUT2D eigenvalue weighted by Crippen LogP contribution is 2.35. The lowest BCUT2D eigenvalue weighted by Crippen LogP contribution is -2.58. The molecule has 12 heteroatoms. The van der Waals surface area contributed by atoms with Crippen molar-refractivity contribution in [1.29, 1.82) is 0 Å². The van der Waals surface area contributed by atoms with Crippen molar-refractivity contribution < 1.29 is 18.4 Å². The van der Waals surface area contributed by atoms with E-state index in [1.165, 1.54) is 22.8 Å². The van der Waals surface area contributed by atoms with Crippen molar-refractivity contribution in [1.82, 2.24) is 24.4 Å². The van der Waals surface area contributed by atoms with Crippen molar-refractivity contribution in [3.05, 3.63) is 88.1 Å². The highest BCUT2D eigenvalue weighted by Gasteiger charge is 2.34. The predicted octanol–water partition coefficient (Wildman–Crippen LogP) is 4.90. The normalized spacial score (nSPS) is 16.5. The van der Waals surface area contributed by atoms with Crippen molar-refractivity contribution in [3.8, 4) is 16.9 Å². The van der Waals surface area contributed by atoms with Gasteiger partial charge in [0.15, 0.2) is 11.5 Å². The van der Waals surface area contributed by atoms with E-state index in [0.29, 0.717) is 23.5 Å². The van der Waals surface area contributed by atoms with Crippen LogP contribution in [0.3, 0.4) is 0 Å². The number of carbonyl (C=O) groups is 2. The zero-order valence-corrected chi connectivity index (χ0v) is 25.1. The van der Waals surface area contributed by atoms with Crippen molar-refractivity contribution >= 4 is 28.7 Å². The molecular formula is C33H37F2N7O3. The minimum absolute atomic E-state index is 0. The van der Waals surface area contributed by atoms with E-state index in [2.05, 4.69) is 21.5 Å². The third-order valence-corrected chi connectivity index (χ3v) is 7.96. The Morgan fingerprint density at radius 3 is 2.44 bits per heavy atom. The maximum absolute atomic E-state index is 16.1. The number of nitrogens with zero attached hydrogens (tertiary/aromatic N) is 6. The third kappa shape index (κ3) is 5.67. The van der Waals surface area contributed by atoms with Gasteiger partial charge in [0.25, 0.3) is 0 Å². The topological polar surface area (TPSA) is 127 Å². The molecule has 3 aromatic heterocycles. The molecule has 0 spiro atoms. The van der Waals surface area contributed by atoms with Gasteiger partial charge in [-0.3, -0.25) is 14.6 Å². The number of aromatic nitrogens is 4. The molecule has 1 fully saturated rings. The van der Waals surface area contributed by atoms with E-state index in [0.717, 1.165) is 12.1 Å². The van der Waals surface area contributed by atoms with Crippen LogP contribution in [0.4, 0.5) is 14.6 Å². The van der Waals surface area contributed by atoms with Crippen LogP contribution in [-0.4, -0.2) is 61.4 Å². The van der Waals surface area contributed by atoms with Crippen LogP contribution in [0.5, 0.6) is 0 Å². The number of primary amides is 1. The molecule has 2 amide bonds. The van der Waals surface area contributed by atoms with E-state index in [1.54, 1.807) is 24.1 Å². The second-order valence-corrected chi connectivity index (χ2v) is 11.3. The zero-order valence-electron chi connectivity index (χ0n) is 25.1. The van der Waals surface area contributed by atoms with Crippen molar-refractivity contribution in [2.45, 2.75) is 60.0 Å². The Hall–Kier alpha value is -5.00. The number of hydrogen-bond acceptors (Lipinski definition) is 7. The number of carbonyl (C=O) groups excluding carboxylic acids is 2. The van der Waals surface area contributed by atoms with Crippen LogP contribution < -0.4 is 16.3 Å². The quantitative estimate of drug-likeness (QED) is 0.305. The highest BCUT2D eigenvalue weighted by atomic mass is 19.1. The molecule has 2 N–H and O–H groups in total. The summed E-state index contributed by atoms with van der Waals surface area (Å²) in [6.07, 6.45) is 2.88. The third-order valence-electron chi connectivity index (χ3n) is 7.96. The summed E-state index contributed by atoms with van der Waals surface area (Å²) in [7, 11) is 0. The number of rotatable bonds is 6. The molecule has 0 saturated carbocycles. The monoisotopic (exact) mass is 617 g/mol. The molecule has 5 rings (SSSR count). The standard InChI is InChI=1S/C32H33F2N7O3.CH4/c1-7-24(42)39-14-19(6)40(15-18(39)5)30-21-13-23(34)27(25-20(29(35)43)9-8-10-22(25)33)37-31(21)41(32(44)38-30)28-17(4)11-12-36-26(28)16(2)3;/h7-13,16,18-19H,1,14-15H2,2-6H3,(H2,35,43);1H4/t18-,19+;/m1./s1. The van der Waals surface area contributed by atoms with Crippen molar-refractivity contribution in [2.75, 3.05) is 18.0 Å². The minimum atomic E-state index is -0.964. The second-order valence-electron chi connectivity index (χ2n) is 11.3. The lowest BCUT2D eigenvalue weighted by Gasteiger charge is -2.44. The second kappa shape index (κ2) is 12.5. The van der Waals surface area contributed by atoms with Gasteiger partial charge in [0.05, 0.1) is 27.9 Å². The van der Waals surface area contributed by atoms with Gasteiger partial charge in [0, 0.05) is 31.4 Å². The van der Waals surface area contributed by atoms with Gasteiger partial charge < -0.3 is 15.5 Å². The Labute approximate surface area is 260 Å². The summed E-state index contributed by atoms with van der Waals surface area (Å²) in [5.74, 6) is -2.98. The Balaban J connectivity index is 0.00000461. The van der Waals surface area contributed by atoms with Gasteiger partial charge in [-0.25, -0.2) is 23.1 Å². The van der Waals surface area contributed by atoms with Crippen LogP contribution in [-0.2, 0) is 4.79 Å². The van der Waals surface area contributed by atoms with Crippen LogP contribution in [0.15, 0.2) is 54.0 Å². The minimum Gasteiger partial charge on any atom is -0.366 e.